The highest BCUT2D eigenvalue weighted by Crippen LogP contribution is 2.29. The van der Waals surface area contributed by atoms with Gasteiger partial charge < -0.3 is 4.57 Å². The van der Waals surface area contributed by atoms with E-state index in [1.807, 2.05) is 13.1 Å². The molecule has 0 amide bonds. The Morgan fingerprint density at radius 3 is 2.90 bits per heavy atom. The smallest absolute Gasteiger partial charge is 0.160 e. The molecule has 1 aliphatic carbocycles. The first kappa shape index (κ1) is 13.9. The van der Waals surface area contributed by atoms with E-state index in [0.717, 1.165) is 35.0 Å². The third-order valence-corrected chi connectivity index (χ3v) is 4.63. The lowest BCUT2D eigenvalue weighted by molar-refractivity contribution is 0.458. The van der Waals surface area contributed by atoms with Gasteiger partial charge in [0, 0.05) is 12.7 Å². The molecule has 0 aliphatic heterocycles. The maximum atomic E-state index is 6.04. The number of pyridine rings is 1. The van der Waals surface area contributed by atoms with E-state index < -0.39 is 0 Å². The van der Waals surface area contributed by atoms with Crippen LogP contribution >= 0.6 is 11.6 Å². The minimum Gasteiger partial charge on any atom is -0.312 e. The van der Waals surface area contributed by atoms with Crippen molar-refractivity contribution in [2.45, 2.75) is 57.9 Å². The average Bonchev–Trinajstić information content (AvgIpc) is 3.06. The van der Waals surface area contributed by atoms with Crippen LogP contribution in [0.1, 0.15) is 49.9 Å². The molecule has 1 aliphatic rings. The first-order valence-electron chi connectivity index (χ1n) is 7.65. The summed E-state index contributed by atoms with van der Waals surface area (Å²) in [6.07, 6.45) is 10.1. The number of aryl methyl sites for hydroxylation is 2. The summed E-state index contributed by atoms with van der Waals surface area (Å²) in [6.45, 7) is 3.04. The van der Waals surface area contributed by atoms with E-state index in [-0.39, 0.29) is 0 Å². The second-order valence-corrected chi connectivity index (χ2v) is 6.23. The topological polar surface area (TPSA) is 30.7 Å². The maximum absolute atomic E-state index is 6.04. The molecule has 2 aromatic rings. The molecule has 0 N–H and O–H groups in total. The molecular formula is C16H22ClN3. The van der Waals surface area contributed by atoms with Gasteiger partial charge in [0.25, 0.3) is 0 Å². The van der Waals surface area contributed by atoms with E-state index in [9.17, 15) is 0 Å². The molecule has 0 atom stereocenters. The minimum absolute atomic E-state index is 0.457. The second-order valence-electron chi connectivity index (χ2n) is 5.96. The summed E-state index contributed by atoms with van der Waals surface area (Å²) in [5.74, 6) is 2.35. The zero-order valence-electron chi connectivity index (χ0n) is 12.1. The van der Waals surface area contributed by atoms with Crippen molar-refractivity contribution in [3.05, 3.63) is 23.7 Å². The largest absolute Gasteiger partial charge is 0.312 e. The van der Waals surface area contributed by atoms with Gasteiger partial charge in [0.2, 0.25) is 0 Å². The van der Waals surface area contributed by atoms with Gasteiger partial charge in [0.1, 0.15) is 11.3 Å². The standard InChI is InChI=1S/C16H22ClN3/c1-12-9-14-16(18-11-12)20(15(10-17)19-14)8-4-7-13-5-2-3-6-13/h9,11,13H,2-8,10H2,1H3. The molecule has 3 rings (SSSR count). The zero-order chi connectivity index (χ0) is 13.9. The fourth-order valence-corrected chi connectivity index (χ4v) is 3.54. The fraction of sp³-hybridized carbons (Fsp3) is 0.625. The quantitative estimate of drug-likeness (QED) is 0.762. The first-order valence-corrected chi connectivity index (χ1v) is 8.19. The lowest BCUT2D eigenvalue weighted by Gasteiger charge is -2.10. The lowest BCUT2D eigenvalue weighted by Crippen LogP contribution is -2.05. The number of imidazole rings is 1. The van der Waals surface area contributed by atoms with Crippen molar-refractivity contribution < 1.29 is 0 Å². The Balaban J connectivity index is 1.75. The van der Waals surface area contributed by atoms with Crippen molar-refractivity contribution in [2.75, 3.05) is 0 Å². The first-order chi connectivity index (χ1) is 9.78. The van der Waals surface area contributed by atoms with Gasteiger partial charge in [-0.05, 0) is 37.3 Å². The molecule has 4 heteroatoms. The fourth-order valence-electron chi connectivity index (χ4n) is 3.33. The van der Waals surface area contributed by atoms with Gasteiger partial charge in [-0.25, -0.2) is 9.97 Å². The van der Waals surface area contributed by atoms with Crippen LogP contribution in [-0.2, 0) is 12.4 Å². The van der Waals surface area contributed by atoms with Crippen molar-refractivity contribution in [3.8, 4) is 0 Å². The van der Waals surface area contributed by atoms with Gasteiger partial charge in [0.15, 0.2) is 5.65 Å². The van der Waals surface area contributed by atoms with Crippen LogP contribution in [0.15, 0.2) is 12.3 Å². The SMILES string of the molecule is Cc1cnc2c(c1)nc(CCl)n2CCCC1CCCC1. The molecule has 0 saturated heterocycles. The van der Waals surface area contributed by atoms with Crippen LogP contribution in [0.25, 0.3) is 11.2 Å². The maximum Gasteiger partial charge on any atom is 0.160 e. The summed E-state index contributed by atoms with van der Waals surface area (Å²) in [4.78, 5) is 9.15. The summed E-state index contributed by atoms with van der Waals surface area (Å²) in [7, 11) is 0. The molecule has 0 aromatic carbocycles. The van der Waals surface area contributed by atoms with Gasteiger partial charge in [-0.1, -0.05) is 25.7 Å². The van der Waals surface area contributed by atoms with Gasteiger partial charge >= 0.3 is 0 Å². The summed E-state index contributed by atoms with van der Waals surface area (Å²) in [5.41, 5.74) is 3.11. The van der Waals surface area contributed by atoms with E-state index in [4.69, 9.17) is 11.6 Å². The molecule has 0 unspecified atom stereocenters. The normalized spacial score (nSPS) is 16.3. The molecule has 1 saturated carbocycles. The number of rotatable bonds is 5. The van der Waals surface area contributed by atoms with Crippen LogP contribution < -0.4 is 0 Å². The van der Waals surface area contributed by atoms with Crippen molar-refractivity contribution in [1.29, 1.82) is 0 Å². The van der Waals surface area contributed by atoms with Crippen molar-refractivity contribution in [2.24, 2.45) is 5.92 Å². The molecule has 108 valence electrons. The monoisotopic (exact) mass is 291 g/mol. The predicted molar refractivity (Wildman–Crippen MR) is 83.0 cm³/mol. The number of halogens is 1. The number of hydrogen-bond acceptors (Lipinski definition) is 2. The molecular weight excluding hydrogens is 270 g/mol. The number of nitrogens with zero attached hydrogens (tertiary/aromatic N) is 3. The highest BCUT2D eigenvalue weighted by molar-refractivity contribution is 6.16. The molecule has 0 bridgehead atoms. The van der Waals surface area contributed by atoms with E-state index >= 15 is 0 Å². The molecule has 2 heterocycles. The summed E-state index contributed by atoms with van der Waals surface area (Å²) in [6, 6.07) is 2.09. The van der Waals surface area contributed by atoms with Crippen LogP contribution in [0.2, 0.25) is 0 Å². The van der Waals surface area contributed by atoms with Crippen LogP contribution in [0.3, 0.4) is 0 Å². The summed E-state index contributed by atoms with van der Waals surface area (Å²) in [5, 5.41) is 0. The van der Waals surface area contributed by atoms with Gasteiger partial charge in [-0.15, -0.1) is 11.6 Å². The van der Waals surface area contributed by atoms with Crippen LogP contribution in [0, 0.1) is 12.8 Å². The van der Waals surface area contributed by atoms with Crippen molar-refractivity contribution in [1.82, 2.24) is 14.5 Å². The third-order valence-electron chi connectivity index (χ3n) is 4.39. The van der Waals surface area contributed by atoms with Gasteiger partial charge in [0.05, 0.1) is 5.88 Å². The molecule has 2 aromatic heterocycles. The van der Waals surface area contributed by atoms with Crippen molar-refractivity contribution >= 4 is 22.8 Å². The van der Waals surface area contributed by atoms with Crippen LogP contribution in [0.5, 0.6) is 0 Å². The predicted octanol–water partition coefficient (Wildman–Crippen LogP) is 4.45. The van der Waals surface area contributed by atoms with Gasteiger partial charge in [-0.3, -0.25) is 0 Å². The number of aromatic nitrogens is 3. The molecule has 0 spiro atoms. The zero-order valence-corrected chi connectivity index (χ0v) is 12.9. The Bertz CT molecular complexity index is 585. The van der Waals surface area contributed by atoms with Gasteiger partial charge in [-0.2, -0.15) is 0 Å². The van der Waals surface area contributed by atoms with E-state index in [2.05, 4.69) is 20.6 Å². The van der Waals surface area contributed by atoms with E-state index in [0.29, 0.717) is 5.88 Å². The number of fused-ring (bicyclic) bond motifs is 1. The second kappa shape index (κ2) is 6.13. The minimum atomic E-state index is 0.457. The Labute approximate surface area is 125 Å². The highest BCUT2D eigenvalue weighted by Gasteiger charge is 2.16. The number of hydrogen-bond donors (Lipinski definition) is 0. The van der Waals surface area contributed by atoms with Crippen LogP contribution in [-0.4, -0.2) is 14.5 Å². The Kier molecular flexibility index (Phi) is 4.25. The van der Waals surface area contributed by atoms with E-state index in [1.54, 1.807) is 0 Å². The molecule has 3 nitrogen and oxygen atoms in total. The van der Waals surface area contributed by atoms with Crippen molar-refractivity contribution in [3.63, 3.8) is 0 Å². The number of alkyl halides is 1. The summed E-state index contributed by atoms with van der Waals surface area (Å²) >= 11 is 6.04. The molecule has 0 radical (unpaired) electrons. The Morgan fingerprint density at radius 1 is 1.35 bits per heavy atom. The molecule has 1 fully saturated rings. The van der Waals surface area contributed by atoms with E-state index in [1.165, 1.54) is 38.5 Å². The third kappa shape index (κ3) is 2.83. The lowest BCUT2D eigenvalue weighted by atomic mass is 10.0. The average molecular weight is 292 g/mol. The van der Waals surface area contributed by atoms with Crippen LogP contribution in [0.4, 0.5) is 0 Å². The highest BCUT2D eigenvalue weighted by atomic mass is 35.5. The Morgan fingerprint density at radius 2 is 2.15 bits per heavy atom. The Hall–Kier alpha value is -1.09. The summed E-state index contributed by atoms with van der Waals surface area (Å²) < 4.78 is 2.21. The molecule has 20 heavy (non-hydrogen) atoms.